The van der Waals surface area contributed by atoms with Gasteiger partial charge in [-0.25, -0.2) is 13.6 Å². The van der Waals surface area contributed by atoms with Crippen LogP contribution in [0.2, 0.25) is 0 Å². The summed E-state index contributed by atoms with van der Waals surface area (Å²) >= 11 is 0. The van der Waals surface area contributed by atoms with Crippen molar-refractivity contribution in [3.8, 4) is 0 Å². The van der Waals surface area contributed by atoms with Crippen LogP contribution in [0.3, 0.4) is 0 Å². The number of benzene rings is 2. The normalized spacial score (nSPS) is 11.4. The van der Waals surface area contributed by atoms with Crippen molar-refractivity contribution in [2.45, 2.75) is 4.90 Å². The molecular formula is C15H13N3O5S. The van der Waals surface area contributed by atoms with Crippen LogP contribution in [0, 0.1) is 10.1 Å². The minimum Gasteiger partial charge on any atom is -0.322 e. The van der Waals surface area contributed by atoms with Crippen molar-refractivity contribution in [2.24, 2.45) is 5.14 Å². The molecule has 0 spiro atoms. The summed E-state index contributed by atoms with van der Waals surface area (Å²) < 4.78 is 22.5. The molecule has 0 atom stereocenters. The van der Waals surface area contributed by atoms with Gasteiger partial charge < -0.3 is 5.32 Å². The number of hydrogen-bond donors (Lipinski definition) is 2. The average molecular weight is 347 g/mol. The fourth-order valence-electron chi connectivity index (χ4n) is 1.85. The molecular weight excluding hydrogens is 334 g/mol. The Kier molecular flexibility index (Phi) is 5.07. The molecule has 0 radical (unpaired) electrons. The zero-order valence-electron chi connectivity index (χ0n) is 12.2. The van der Waals surface area contributed by atoms with Gasteiger partial charge in [0.25, 0.3) is 5.69 Å². The third-order valence-electron chi connectivity index (χ3n) is 2.94. The second kappa shape index (κ2) is 7.02. The summed E-state index contributed by atoms with van der Waals surface area (Å²) in [6, 6.07) is 11.3. The monoisotopic (exact) mass is 347 g/mol. The van der Waals surface area contributed by atoms with E-state index in [1.165, 1.54) is 54.6 Å². The lowest BCUT2D eigenvalue weighted by molar-refractivity contribution is -0.384. The van der Waals surface area contributed by atoms with Gasteiger partial charge in [0.1, 0.15) is 0 Å². The molecule has 0 aliphatic rings. The highest BCUT2D eigenvalue weighted by Gasteiger charge is 2.09. The van der Waals surface area contributed by atoms with Crippen LogP contribution in [-0.2, 0) is 14.8 Å². The van der Waals surface area contributed by atoms with E-state index in [0.29, 0.717) is 5.56 Å². The number of nitrogens with zero attached hydrogens (tertiary/aromatic N) is 1. The molecule has 0 aliphatic carbocycles. The van der Waals surface area contributed by atoms with Gasteiger partial charge in [-0.2, -0.15) is 0 Å². The van der Waals surface area contributed by atoms with E-state index in [4.69, 9.17) is 5.14 Å². The fourth-order valence-corrected chi connectivity index (χ4v) is 2.41. The molecule has 8 nitrogen and oxygen atoms in total. The molecule has 0 aliphatic heterocycles. The number of carbonyl (C=O) groups excluding carboxylic acids is 1. The zero-order chi connectivity index (χ0) is 17.7. The van der Waals surface area contributed by atoms with Crippen molar-refractivity contribution in [3.63, 3.8) is 0 Å². The standard InChI is InChI=1S/C15H13N3O5S/c16-24(22,23)14-6-2-4-12(10-14)17-15(19)8-7-11-3-1-5-13(9-11)18(20)21/h1-10H,(H,17,19)(H2,16,22,23). The van der Waals surface area contributed by atoms with Gasteiger partial charge >= 0.3 is 0 Å². The number of rotatable bonds is 5. The van der Waals surface area contributed by atoms with Crippen molar-refractivity contribution >= 4 is 33.4 Å². The van der Waals surface area contributed by atoms with Gasteiger partial charge in [0.2, 0.25) is 15.9 Å². The number of nitro groups is 1. The van der Waals surface area contributed by atoms with Crippen molar-refractivity contribution in [1.82, 2.24) is 0 Å². The summed E-state index contributed by atoms with van der Waals surface area (Å²) in [5.74, 6) is -0.520. The molecule has 0 bridgehead atoms. The van der Waals surface area contributed by atoms with Crippen LogP contribution in [0.25, 0.3) is 6.08 Å². The highest BCUT2D eigenvalue weighted by molar-refractivity contribution is 7.89. The third kappa shape index (κ3) is 4.73. The second-order valence-electron chi connectivity index (χ2n) is 4.75. The Hall–Kier alpha value is -3.04. The molecule has 2 aromatic rings. The van der Waals surface area contributed by atoms with E-state index in [9.17, 15) is 23.3 Å². The van der Waals surface area contributed by atoms with E-state index < -0.39 is 20.9 Å². The second-order valence-corrected chi connectivity index (χ2v) is 6.31. The molecule has 9 heteroatoms. The number of nitrogens with two attached hydrogens (primary N) is 1. The van der Waals surface area contributed by atoms with Gasteiger partial charge in [0.05, 0.1) is 9.82 Å². The summed E-state index contributed by atoms with van der Waals surface area (Å²) in [6.45, 7) is 0. The Morgan fingerprint density at radius 3 is 2.54 bits per heavy atom. The maximum atomic E-state index is 11.9. The van der Waals surface area contributed by atoms with Crippen LogP contribution in [0.4, 0.5) is 11.4 Å². The Labute approximate surface area is 137 Å². The Morgan fingerprint density at radius 1 is 1.17 bits per heavy atom. The van der Waals surface area contributed by atoms with Crippen LogP contribution in [-0.4, -0.2) is 19.2 Å². The molecule has 0 saturated carbocycles. The number of nitro benzene ring substituents is 1. The Bertz CT molecular complexity index is 922. The van der Waals surface area contributed by atoms with Gasteiger partial charge in [0.15, 0.2) is 0 Å². The predicted molar refractivity (Wildman–Crippen MR) is 88.6 cm³/mol. The van der Waals surface area contributed by atoms with Gasteiger partial charge in [-0.15, -0.1) is 0 Å². The molecule has 24 heavy (non-hydrogen) atoms. The SMILES string of the molecule is NS(=O)(=O)c1cccc(NC(=O)C=Cc2cccc([N+](=O)[O-])c2)c1. The van der Waals surface area contributed by atoms with Crippen molar-refractivity contribution in [1.29, 1.82) is 0 Å². The Balaban J connectivity index is 2.11. The molecule has 0 aromatic heterocycles. The first kappa shape index (κ1) is 17.3. The molecule has 3 N–H and O–H groups in total. The minimum atomic E-state index is -3.86. The topological polar surface area (TPSA) is 132 Å². The first-order valence-corrected chi connectivity index (χ1v) is 8.17. The highest BCUT2D eigenvalue weighted by atomic mass is 32.2. The van der Waals surface area contributed by atoms with Crippen LogP contribution >= 0.6 is 0 Å². The smallest absolute Gasteiger partial charge is 0.270 e. The summed E-state index contributed by atoms with van der Waals surface area (Å²) in [6.07, 6.45) is 2.59. The van der Waals surface area contributed by atoms with Crippen LogP contribution in [0.5, 0.6) is 0 Å². The van der Waals surface area contributed by atoms with Crippen molar-refractivity contribution in [2.75, 3.05) is 5.32 Å². The van der Waals surface area contributed by atoms with E-state index >= 15 is 0 Å². The number of carbonyl (C=O) groups is 1. The van der Waals surface area contributed by atoms with E-state index in [2.05, 4.69) is 5.32 Å². The van der Waals surface area contributed by atoms with E-state index in [1.807, 2.05) is 0 Å². The lowest BCUT2D eigenvalue weighted by Gasteiger charge is -2.04. The van der Waals surface area contributed by atoms with E-state index in [-0.39, 0.29) is 16.3 Å². The number of amides is 1. The maximum Gasteiger partial charge on any atom is 0.270 e. The first-order chi connectivity index (χ1) is 11.3. The van der Waals surface area contributed by atoms with Gasteiger partial charge in [-0.1, -0.05) is 18.2 Å². The molecule has 0 unspecified atom stereocenters. The lowest BCUT2D eigenvalue weighted by Crippen LogP contribution is -2.13. The number of non-ortho nitro benzene ring substituents is 1. The summed E-state index contributed by atoms with van der Waals surface area (Å²) in [4.78, 5) is 21.9. The summed E-state index contributed by atoms with van der Waals surface area (Å²) in [7, 11) is -3.86. The number of hydrogen-bond acceptors (Lipinski definition) is 5. The van der Waals surface area contributed by atoms with Gasteiger partial charge in [0, 0.05) is 23.9 Å². The van der Waals surface area contributed by atoms with Crippen molar-refractivity contribution in [3.05, 3.63) is 70.3 Å². The number of primary sulfonamides is 1. The quantitative estimate of drug-likeness (QED) is 0.484. The van der Waals surface area contributed by atoms with Crippen LogP contribution in [0.1, 0.15) is 5.56 Å². The average Bonchev–Trinajstić information content (AvgIpc) is 2.52. The molecule has 0 fully saturated rings. The molecule has 0 saturated heterocycles. The van der Waals surface area contributed by atoms with E-state index in [1.54, 1.807) is 6.07 Å². The first-order valence-electron chi connectivity index (χ1n) is 6.62. The molecule has 2 rings (SSSR count). The zero-order valence-corrected chi connectivity index (χ0v) is 13.1. The molecule has 1 amide bonds. The predicted octanol–water partition coefficient (Wildman–Crippen LogP) is 1.89. The molecule has 0 heterocycles. The lowest BCUT2D eigenvalue weighted by atomic mass is 10.2. The third-order valence-corrected chi connectivity index (χ3v) is 3.85. The fraction of sp³-hybridized carbons (Fsp3) is 0. The van der Waals surface area contributed by atoms with Crippen LogP contribution in [0.15, 0.2) is 59.5 Å². The molecule has 124 valence electrons. The molecule has 2 aromatic carbocycles. The van der Waals surface area contributed by atoms with Gasteiger partial charge in [-0.05, 0) is 29.8 Å². The van der Waals surface area contributed by atoms with E-state index in [0.717, 1.165) is 0 Å². The largest absolute Gasteiger partial charge is 0.322 e. The van der Waals surface area contributed by atoms with Crippen molar-refractivity contribution < 1.29 is 18.1 Å². The van der Waals surface area contributed by atoms with Gasteiger partial charge in [-0.3, -0.25) is 14.9 Å². The number of nitrogens with one attached hydrogen (secondary N) is 1. The Morgan fingerprint density at radius 2 is 1.88 bits per heavy atom. The number of anilines is 1. The maximum absolute atomic E-state index is 11.9. The minimum absolute atomic E-state index is 0.0848. The number of sulfonamides is 1. The summed E-state index contributed by atoms with van der Waals surface area (Å²) in [5.41, 5.74) is 0.659. The highest BCUT2D eigenvalue weighted by Crippen LogP contribution is 2.16. The summed E-state index contributed by atoms with van der Waals surface area (Å²) in [5, 5.41) is 18.2. The van der Waals surface area contributed by atoms with Crippen LogP contribution < -0.4 is 10.5 Å².